The summed E-state index contributed by atoms with van der Waals surface area (Å²) in [6.07, 6.45) is 0. The van der Waals surface area contributed by atoms with Crippen LogP contribution in [0.5, 0.6) is 0 Å². The zero-order valence-corrected chi connectivity index (χ0v) is 9.89. The van der Waals surface area contributed by atoms with Crippen LogP contribution in [0.1, 0.15) is 11.1 Å². The van der Waals surface area contributed by atoms with Crippen molar-refractivity contribution < 1.29 is 0 Å². The van der Waals surface area contributed by atoms with E-state index >= 15 is 0 Å². The van der Waals surface area contributed by atoms with Crippen LogP contribution in [0.25, 0.3) is 10.1 Å². The van der Waals surface area contributed by atoms with Gasteiger partial charge in [-0.1, -0.05) is 0 Å². The third kappa shape index (κ3) is 1.37. The van der Waals surface area contributed by atoms with Crippen LogP contribution in [0, 0.1) is 25.5 Å². The molecule has 0 saturated heterocycles. The quantitative estimate of drug-likeness (QED) is 0.701. The Morgan fingerprint density at radius 3 is 2.64 bits per heavy atom. The summed E-state index contributed by atoms with van der Waals surface area (Å²) in [5.41, 5.74) is 0.943. The fourth-order valence-electron chi connectivity index (χ4n) is 1.29. The van der Waals surface area contributed by atoms with E-state index in [-0.39, 0.29) is 0 Å². The van der Waals surface area contributed by atoms with Crippen LogP contribution < -0.4 is 0 Å². The highest BCUT2D eigenvalue weighted by molar-refractivity contribution is 14.1. The fourth-order valence-corrected chi connectivity index (χ4v) is 3.11. The molecule has 0 amide bonds. The van der Waals surface area contributed by atoms with Gasteiger partial charge in [-0.15, -0.1) is 11.3 Å². The predicted molar refractivity (Wildman–Crippen MR) is 64.0 cm³/mol. The number of thiophene rings is 1. The van der Waals surface area contributed by atoms with Gasteiger partial charge in [-0.05, 0) is 40.8 Å². The highest BCUT2D eigenvalue weighted by atomic mass is 127. The number of nitrogens with zero attached hydrogens (tertiary/aromatic N) is 2. The molecule has 0 bridgehead atoms. The second kappa shape index (κ2) is 3.56. The zero-order valence-electron chi connectivity index (χ0n) is 6.91. The van der Waals surface area contributed by atoms with E-state index in [1.165, 1.54) is 0 Å². The number of halogens is 1. The van der Waals surface area contributed by atoms with Gasteiger partial charge in [0.05, 0.1) is 14.0 Å². The zero-order chi connectivity index (χ0) is 10.1. The Bertz CT molecular complexity index is 586. The number of nitriles is 2. The summed E-state index contributed by atoms with van der Waals surface area (Å²) in [5, 5.41) is 18.7. The lowest BCUT2D eigenvalue weighted by Gasteiger charge is -1.94. The second-order valence-electron chi connectivity index (χ2n) is 2.67. The Morgan fingerprint density at radius 2 is 2.00 bits per heavy atom. The van der Waals surface area contributed by atoms with Crippen LogP contribution in [0.4, 0.5) is 0 Å². The minimum Gasteiger partial charge on any atom is -0.192 e. The molecule has 0 fully saturated rings. The molecule has 0 aliphatic carbocycles. The molecule has 0 radical (unpaired) electrons. The molecule has 0 aliphatic rings. The SMILES string of the molecule is N#Cc1ccc2sc(I)cc2c1C#N. The van der Waals surface area contributed by atoms with Crippen molar-refractivity contribution >= 4 is 44.0 Å². The summed E-state index contributed by atoms with van der Waals surface area (Å²) in [6, 6.07) is 9.65. The lowest BCUT2D eigenvalue weighted by Crippen LogP contribution is -1.82. The van der Waals surface area contributed by atoms with E-state index in [0.717, 1.165) is 13.0 Å². The molecule has 66 valence electrons. The number of rotatable bonds is 0. The molecule has 0 spiro atoms. The van der Waals surface area contributed by atoms with E-state index in [0.29, 0.717) is 11.1 Å². The Balaban J connectivity index is 2.93. The molecular weight excluding hydrogens is 307 g/mol. The maximum atomic E-state index is 8.96. The molecule has 2 rings (SSSR count). The first-order valence-electron chi connectivity index (χ1n) is 3.78. The smallest absolute Gasteiger partial charge is 0.101 e. The summed E-state index contributed by atoms with van der Waals surface area (Å²) < 4.78 is 2.19. The van der Waals surface area contributed by atoms with Crippen molar-refractivity contribution in [3.8, 4) is 12.1 Å². The third-order valence-electron chi connectivity index (χ3n) is 1.90. The average Bonchev–Trinajstić information content (AvgIpc) is 2.56. The van der Waals surface area contributed by atoms with Gasteiger partial charge in [0, 0.05) is 10.1 Å². The van der Waals surface area contributed by atoms with Crippen molar-refractivity contribution in [2.24, 2.45) is 0 Å². The fraction of sp³-hybridized carbons (Fsp3) is 0. The molecule has 2 nitrogen and oxygen atoms in total. The molecule has 0 aliphatic heterocycles. The third-order valence-corrected chi connectivity index (χ3v) is 3.76. The molecule has 0 saturated carbocycles. The van der Waals surface area contributed by atoms with Gasteiger partial charge in [0.1, 0.15) is 12.1 Å². The van der Waals surface area contributed by atoms with Gasteiger partial charge in [0.25, 0.3) is 0 Å². The van der Waals surface area contributed by atoms with E-state index < -0.39 is 0 Å². The standard InChI is InChI=1S/C10H3IN2S/c11-10-3-7-8(5-13)6(4-12)1-2-9(7)14-10/h1-3H. The number of benzene rings is 1. The van der Waals surface area contributed by atoms with Crippen LogP contribution in [0.3, 0.4) is 0 Å². The van der Waals surface area contributed by atoms with Gasteiger partial charge in [-0.3, -0.25) is 0 Å². The van der Waals surface area contributed by atoms with Crippen LogP contribution in [-0.4, -0.2) is 0 Å². The predicted octanol–water partition coefficient (Wildman–Crippen LogP) is 3.25. The summed E-state index contributed by atoms with van der Waals surface area (Å²) in [4.78, 5) is 0. The first-order valence-corrected chi connectivity index (χ1v) is 5.68. The van der Waals surface area contributed by atoms with Gasteiger partial charge in [-0.25, -0.2) is 0 Å². The van der Waals surface area contributed by atoms with Gasteiger partial charge < -0.3 is 0 Å². The Morgan fingerprint density at radius 1 is 1.21 bits per heavy atom. The summed E-state index contributed by atoms with van der Waals surface area (Å²) in [5.74, 6) is 0. The van der Waals surface area contributed by atoms with Crippen LogP contribution >= 0.6 is 33.9 Å². The number of hydrogen-bond acceptors (Lipinski definition) is 3. The van der Waals surface area contributed by atoms with Gasteiger partial charge in [-0.2, -0.15) is 10.5 Å². The molecule has 4 heteroatoms. The summed E-state index contributed by atoms with van der Waals surface area (Å²) in [7, 11) is 0. The molecule has 0 N–H and O–H groups in total. The largest absolute Gasteiger partial charge is 0.192 e. The first-order chi connectivity index (χ1) is 6.76. The lowest BCUT2D eigenvalue weighted by atomic mass is 10.1. The molecule has 0 unspecified atom stereocenters. The topological polar surface area (TPSA) is 47.6 Å². The molecule has 1 heterocycles. The van der Waals surface area contributed by atoms with Crippen molar-refractivity contribution in [1.82, 2.24) is 0 Å². The van der Waals surface area contributed by atoms with E-state index in [9.17, 15) is 0 Å². The molecule has 14 heavy (non-hydrogen) atoms. The Hall–Kier alpha value is -1.11. The van der Waals surface area contributed by atoms with E-state index in [4.69, 9.17) is 10.5 Å². The summed E-state index contributed by atoms with van der Waals surface area (Å²) >= 11 is 3.84. The van der Waals surface area contributed by atoms with Crippen molar-refractivity contribution in [3.63, 3.8) is 0 Å². The minimum atomic E-state index is 0.453. The lowest BCUT2D eigenvalue weighted by molar-refractivity contribution is 1.46. The van der Waals surface area contributed by atoms with E-state index in [1.54, 1.807) is 17.4 Å². The van der Waals surface area contributed by atoms with Crippen molar-refractivity contribution in [2.75, 3.05) is 0 Å². The van der Waals surface area contributed by atoms with Gasteiger partial charge in [0.15, 0.2) is 0 Å². The van der Waals surface area contributed by atoms with Crippen molar-refractivity contribution in [2.45, 2.75) is 0 Å². The first kappa shape index (κ1) is 9.45. The van der Waals surface area contributed by atoms with Crippen LogP contribution in [0.15, 0.2) is 18.2 Å². The maximum absolute atomic E-state index is 8.96. The normalized spacial score (nSPS) is 9.64. The van der Waals surface area contributed by atoms with Crippen LogP contribution in [-0.2, 0) is 0 Å². The molecular formula is C10H3IN2S. The van der Waals surface area contributed by atoms with Crippen molar-refractivity contribution in [1.29, 1.82) is 10.5 Å². The molecule has 1 aromatic heterocycles. The maximum Gasteiger partial charge on any atom is 0.101 e. The molecule has 1 aromatic carbocycles. The van der Waals surface area contributed by atoms with Crippen LogP contribution in [0.2, 0.25) is 0 Å². The second-order valence-corrected chi connectivity index (χ2v) is 5.65. The number of fused-ring (bicyclic) bond motifs is 1. The monoisotopic (exact) mass is 310 g/mol. The summed E-state index contributed by atoms with van der Waals surface area (Å²) in [6.45, 7) is 0. The molecule has 2 aromatic rings. The van der Waals surface area contributed by atoms with Gasteiger partial charge >= 0.3 is 0 Å². The molecule has 0 atom stereocenters. The number of hydrogen-bond donors (Lipinski definition) is 0. The Labute approximate surface area is 98.5 Å². The van der Waals surface area contributed by atoms with E-state index in [2.05, 4.69) is 28.7 Å². The average molecular weight is 310 g/mol. The highest BCUT2D eigenvalue weighted by Gasteiger charge is 2.09. The van der Waals surface area contributed by atoms with Gasteiger partial charge in [0.2, 0.25) is 0 Å². The highest BCUT2D eigenvalue weighted by Crippen LogP contribution is 2.30. The van der Waals surface area contributed by atoms with Crippen molar-refractivity contribution in [3.05, 3.63) is 32.2 Å². The Kier molecular flexibility index (Phi) is 2.40. The minimum absolute atomic E-state index is 0.453. The van der Waals surface area contributed by atoms with E-state index in [1.807, 2.05) is 18.2 Å².